The second-order valence-corrected chi connectivity index (χ2v) is 3.27. The standard InChI is InChI=1S/C11H7F2NO/c1-6(5-14)10-8(12)4-9-7(11(10)13)2-3-15-9/h2-4,6H,1H3. The molecule has 0 fully saturated rings. The molecule has 0 aliphatic heterocycles. The molecule has 1 aromatic heterocycles. The first kappa shape index (κ1) is 9.66. The fourth-order valence-electron chi connectivity index (χ4n) is 1.52. The molecule has 0 aliphatic carbocycles. The van der Waals surface area contributed by atoms with Crippen molar-refractivity contribution in [1.29, 1.82) is 5.26 Å². The van der Waals surface area contributed by atoms with Gasteiger partial charge in [0.1, 0.15) is 17.2 Å². The van der Waals surface area contributed by atoms with E-state index in [9.17, 15) is 8.78 Å². The number of nitriles is 1. The maximum absolute atomic E-state index is 13.7. The monoisotopic (exact) mass is 207 g/mol. The molecule has 0 N–H and O–H groups in total. The lowest BCUT2D eigenvalue weighted by Gasteiger charge is -2.06. The van der Waals surface area contributed by atoms with Crippen molar-refractivity contribution in [2.24, 2.45) is 0 Å². The van der Waals surface area contributed by atoms with Crippen LogP contribution in [0.4, 0.5) is 8.78 Å². The Hall–Kier alpha value is -1.89. The van der Waals surface area contributed by atoms with Gasteiger partial charge in [0.15, 0.2) is 0 Å². The molecule has 0 saturated carbocycles. The van der Waals surface area contributed by atoms with Crippen molar-refractivity contribution >= 4 is 11.0 Å². The molecule has 0 amide bonds. The Morgan fingerprint density at radius 1 is 1.47 bits per heavy atom. The Balaban J connectivity index is 2.79. The van der Waals surface area contributed by atoms with Crippen molar-refractivity contribution in [3.63, 3.8) is 0 Å². The van der Waals surface area contributed by atoms with Crippen LogP contribution in [-0.2, 0) is 0 Å². The van der Waals surface area contributed by atoms with Gasteiger partial charge in [0.2, 0.25) is 0 Å². The highest BCUT2D eigenvalue weighted by Gasteiger charge is 2.20. The maximum Gasteiger partial charge on any atom is 0.141 e. The third-order valence-electron chi connectivity index (χ3n) is 2.31. The van der Waals surface area contributed by atoms with Gasteiger partial charge >= 0.3 is 0 Å². The Labute approximate surface area is 84.7 Å². The van der Waals surface area contributed by atoms with Gasteiger partial charge in [0.25, 0.3) is 0 Å². The number of nitrogens with zero attached hydrogens (tertiary/aromatic N) is 1. The van der Waals surface area contributed by atoms with E-state index in [1.165, 1.54) is 19.3 Å². The second-order valence-electron chi connectivity index (χ2n) is 3.27. The Kier molecular flexibility index (Phi) is 2.16. The number of furan rings is 1. The molecular weight excluding hydrogens is 200 g/mol. The number of fused-ring (bicyclic) bond motifs is 1. The lowest BCUT2D eigenvalue weighted by Crippen LogP contribution is -1.99. The highest BCUT2D eigenvalue weighted by atomic mass is 19.1. The summed E-state index contributed by atoms with van der Waals surface area (Å²) in [6.07, 6.45) is 1.29. The van der Waals surface area contributed by atoms with Crippen molar-refractivity contribution < 1.29 is 13.2 Å². The third-order valence-corrected chi connectivity index (χ3v) is 2.31. The zero-order valence-electron chi connectivity index (χ0n) is 7.92. The van der Waals surface area contributed by atoms with Crippen LogP contribution in [0.5, 0.6) is 0 Å². The molecule has 2 aromatic rings. The molecule has 1 atom stereocenters. The predicted molar refractivity (Wildman–Crippen MR) is 50.2 cm³/mol. The van der Waals surface area contributed by atoms with Crippen LogP contribution in [0.25, 0.3) is 11.0 Å². The van der Waals surface area contributed by atoms with Gasteiger partial charge in [0.05, 0.1) is 23.6 Å². The molecule has 0 bridgehead atoms. The van der Waals surface area contributed by atoms with E-state index in [2.05, 4.69) is 0 Å². The summed E-state index contributed by atoms with van der Waals surface area (Å²) in [6, 6.07) is 4.32. The van der Waals surface area contributed by atoms with E-state index < -0.39 is 17.6 Å². The SMILES string of the molecule is CC(C#N)c1c(F)cc2occc2c1F. The summed E-state index contributed by atoms with van der Waals surface area (Å²) in [5, 5.41) is 8.86. The van der Waals surface area contributed by atoms with Gasteiger partial charge in [-0.25, -0.2) is 8.78 Å². The molecule has 2 rings (SSSR count). The van der Waals surface area contributed by atoms with Crippen LogP contribution in [0.15, 0.2) is 22.8 Å². The first-order valence-corrected chi connectivity index (χ1v) is 4.40. The van der Waals surface area contributed by atoms with Crippen LogP contribution in [0.3, 0.4) is 0 Å². The Bertz CT molecular complexity index is 553. The Morgan fingerprint density at radius 2 is 2.20 bits per heavy atom. The molecule has 0 spiro atoms. The number of benzene rings is 1. The lowest BCUT2D eigenvalue weighted by atomic mass is 10.00. The molecule has 1 heterocycles. The van der Waals surface area contributed by atoms with Gasteiger partial charge in [-0.15, -0.1) is 0 Å². The molecule has 1 aromatic carbocycles. The molecule has 4 heteroatoms. The number of rotatable bonds is 1. The summed E-state index contributed by atoms with van der Waals surface area (Å²) in [6.45, 7) is 1.45. The van der Waals surface area contributed by atoms with Gasteiger partial charge in [-0.3, -0.25) is 0 Å². The zero-order valence-corrected chi connectivity index (χ0v) is 7.92. The van der Waals surface area contributed by atoms with Crippen molar-refractivity contribution in [3.05, 3.63) is 35.6 Å². The van der Waals surface area contributed by atoms with Crippen LogP contribution >= 0.6 is 0 Å². The smallest absolute Gasteiger partial charge is 0.141 e. The van der Waals surface area contributed by atoms with E-state index in [1.807, 2.05) is 6.07 Å². The second kappa shape index (κ2) is 3.35. The minimum Gasteiger partial charge on any atom is -0.464 e. The molecule has 15 heavy (non-hydrogen) atoms. The summed E-state index contributed by atoms with van der Waals surface area (Å²) in [5.74, 6) is -2.28. The lowest BCUT2D eigenvalue weighted by molar-refractivity contribution is 0.551. The van der Waals surface area contributed by atoms with E-state index in [0.717, 1.165) is 6.07 Å². The zero-order chi connectivity index (χ0) is 11.0. The first-order chi connectivity index (χ1) is 7.15. The van der Waals surface area contributed by atoms with Gasteiger partial charge in [-0.1, -0.05) is 0 Å². The summed E-state index contributed by atoms with van der Waals surface area (Å²) in [5.41, 5.74) is -0.0507. The van der Waals surface area contributed by atoms with E-state index in [4.69, 9.17) is 9.68 Å². The largest absolute Gasteiger partial charge is 0.464 e. The molecule has 0 radical (unpaired) electrons. The first-order valence-electron chi connectivity index (χ1n) is 4.40. The van der Waals surface area contributed by atoms with E-state index >= 15 is 0 Å². The average molecular weight is 207 g/mol. The number of hydrogen-bond donors (Lipinski definition) is 0. The summed E-state index contributed by atoms with van der Waals surface area (Å²) < 4.78 is 32.1. The average Bonchev–Trinajstić information content (AvgIpc) is 2.65. The van der Waals surface area contributed by atoms with Crippen molar-refractivity contribution in [2.45, 2.75) is 12.8 Å². The Morgan fingerprint density at radius 3 is 2.87 bits per heavy atom. The quantitative estimate of drug-likeness (QED) is 0.719. The summed E-state index contributed by atoms with van der Waals surface area (Å²) in [4.78, 5) is 0. The highest BCUT2D eigenvalue weighted by Crippen LogP contribution is 2.29. The maximum atomic E-state index is 13.7. The predicted octanol–water partition coefficient (Wildman–Crippen LogP) is 3.34. The fraction of sp³-hybridized carbons (Fsp3) is 0.182. The van der Waals surface area contributed by atoms with Crippen molar-refractivity contribution in [3.8, 4) is 6.07 Å². The summed E-state index contributed by atoms with van der Waals surface area (Å²) >= 11 is 0. The van der Waals surface area contributed by atoms with Gasteiger partial charge in [0, 0.05) is 11.6 Å². The third kappa shape index (κ3) is 1.37. The van der Waals surface area contributed by atoms with Crippen LogP contribution in [-0.4, -0.2) is 0 Å². The summed E-state index contributed by atoms with van der Waals surface area (Å²) in [7, 11) is 0. The van der Waals surface area contributed by atoms with E-state index in [0.29, 0.717) is 0 Å². The molecular formula is C11H7F2NO. The topological polar surface area (TPSA) is 36.9 Å². The normalized spacial score (nSPS) is 12.7. The molecule has 76 valence electrons. The minimum atomic E-state index is -0.815. The molecule has 0 aliphatic rings. The molecule has 2 nitrogen and oxygen atoms in total. The van der Waals surface area contributed by atoms with Crippen LogP contribution < -0.4 is 0 Å². The van der Waals surface area contributed by atoms with Gasteiger partial charge in [-0.2, -0.15) is 5.26 Å². The molecule has 1 unspecified atom stereocenters. The number of hydrogen-bond acceptors (Lipinski definition) is 2. The minimum absolute atomic E-state index is 0.152. The van der Waals surface area contributed by atoms with E-state index in [1.54, 1.807) is 0 Å². The van der Waals surface area contributed by atoms with Crippen LogP contribution in [0.2, 0.25) is 0 Å². The van der Waals surface area contributed by atoms with Crippen molar-refractivity contribution in [1.82, 2.24) is 0 Å². The number of halogens is 2. The van der Waals surface area contributed by atoms with Gasteiger partial charge in [-0.05, 0) is 13.0 Å². The van der Waals surface area contributed by atoms with Crippen molar-refractivity contribution in [2.75, 3.05) is 0 Å². The fourth-order valence-corrected chi connectivity index (χ4v) is 1.52. The van der Waals surface area contributed by atoms with Gasteiger partial charge < -0.3 is 4.42 Å². The van der Waals surface area contributed by atoms with E-state index in [-0.39, 0.29) is 16.5 Å². The highest BCUT2D eigenvalue weighted by molar-refractivity contribution is 5.79. The molecule has 0 saturated heterocycles. The van der Waals surface area contributed by atoms with Crippen LogP contribution in [0, 0.1) is 23.0 Å². The van der Waals surface area contributed by atoms with Crippen LogP contribution in [0.1, 0.15) is 18.4 Å².